The minimum atomic E-state index is 0. The van der Waals surface area contributed by atoms with Gasteiger partial charge in [-0.15, -0.1) is 0 Å². The van der Waals surface area contributed by atoms with Gasteiger partial charge in [0.15, 0.2) is 0 Å². The van der Waals surface area contributed by atoms with E-state index in [0.29, 0.717) is 0 Å². The van der Waals surface area contributed by atoms with E-state index in [1.807, 2.05) is 13.8 Å². The second-order valence-corrected chi connectivity index (χ2v) is 3.02. The fourth-order valence-corrected chi connectivity index (χ4v) is 1.10. The molecule has 0 amide bonds. The van der Waals surface area contributed by atoms with Gasteiger partial charge in [-0.05, 0) is 49.9 Å². The SMILES string of the molecule is C.CC.Cc1cc(C)c(C)cc1C. The second kappa shape index (κ2) is 6.71. The van der Waals surface area contributed by atoms with Crippen LogP contribution in [0.15, 0.2) is 12.1 Å². The van der Waals surface area contributed by atoms with Crippen LogP contribution in [0, 0.1) is 27.7 Å². The van der Waals surface area contributed by atoms with E-state index in [1.54, 1.807) is 0 Å². The van der Waals surface area contributed by atoms with E-state index in [-0.39, 0.29) is 7.43 Å². The van der Waals surface area contributed by atoms with Gasteiger partial charge in [-0.1, -0.05) is 33.4 Å². The van der Waals surface area contributed by atoms with Crippen LogP contribution in [0.1, 0.15) is 43.5 Å². The number of rotatable bonds is 0. The molecule has 0 heteroatoms. The van der Waals surface area contributed by atoms with E-state index in [4.69, 9.17) is 0 Å². The lowest BCUT2D eigenvalue weighted by atomic mass is 10.0. The highest BCUT2D eigenvalue weighted by atomic mass is 14.0. The number of hydrogen-bond acceptors (Lipinski definition) is 0. The summed E-state index contributed by atoms with van der Waals surface area (Å²) in [6.45, 7) is 12.6. The molecule has 0 aliphatic rings. The average molecular weight is 180 g/mol. The van der Waals surface area contributed by atoms with Gasteiger partial charge in [0.1, 0.15) is 0 Å². The molecule has 0 heterocycles. The molecule has 0 N–H and O–H groups in total. The molecule has 0 saturated heterocycles. The third kappa shape index (κ3) is 4.12. The minimum absolute atomic E-state index is 0. The van der Waals surface area contributed by atoms with Crippen molar-refractivity contribution in [3.05, 3.63) is 34.4 Å². The van der Waals surface area contributed by atoms with Gasteiger partial charge in [-0.3, -0.25) is 0 Å². The van der Waals surface area contributed by atoms with Crippen molar-refractivity contribution in [2.45, 2.75) is 49.0 Å². The second-order valence-electron chi connectivity index (χ2n) is 3.02. The smallest absolute Gasteiger partial charge is 0.0395 e. The zero-order chi connectivity index (χ0) is 9.72. The lowest BCUT2D eigenvalue weighted by molar-refractivity contribution is 1.24. The molecular weight excluding hydrogens is 156 g/mol. The molecule has 0 spiro atoms. The Morgan fingerprint density at radius 1 is 0.615 bits per heavy atom. The Kier molecular flexibility index (Phi) is 7.60. The van der Waals surface area contributed by atoms with E-state index < -0.39 is 0 Å². The van der Waals surface area contributed by atoms with Crippen LogP contribution in [0.5, 0.6) is 0 Å². The van der Waals surface area contributed by atoms with Crippen molar-refractivity contribution in [1.29, 1.82) is 0 Å². The Bertz CT molecular complexity index is 196. The Labute approximate surface area is 84.0 Å². The van der Waals surface area contributed by atoms with Crippen molar-refractivity contribution < 1.29 is 0 Å². The van der Waals surface area contributed by atoms with Crippen molar-refractivity contribution in [3.63, 3.8) is 0 Å². The molecule has 1 aromatic carbocycles. The summed E-state index contributed by atoms with van der Waals surface area (Å²) >= 11 is 0. The Balaban J connectivity index is 0. The highest BCUT2D eigenvalue weighted by Gasteiger charge is 1.95. The van der Waals surface area contributed by atoms with Crippen molar-refractivity contribution in [3.8, 4) is 0 Å². The monoisotopic (exact) mass is 180 g/mol. The zero-order valence-electron chi connectivity index (χ0n) is 9.15. The maximum atomic E-state index is 2.24. The summed E-state index contributed by atoms with van der Waals surface area (Å²) in [5.74, 6) is 0. The predicted molar refractivity (Wildman–Crippen MR) is 63.5 cm³/mol. The van der Waals surface area contributed by atoms with E-state index in [9.17, 15) is 0 Å². The highest BCUT2D eigenvalue weighted by Crippen LogP contribution is 2.13. The highest BCUT2D eigenvalue weighted by molar-refractivity contribution is 5.35. The summed E-state index contributed by atoms with van der Waals surface area (Å²) in [5, 5.41) is 0. The molecule has 0 saturated carbocycles. The Hall–Kier alpha value is -0.780. The third-order valence-corrected chi connectivity index (χ3v) is 2.11. The molecule has 0 aliphatic carbocycles. The topological polar surface area (TPSA) is 0 Å². The van der Waals surface area contributed by atoms with Crippen LogP contribution in [0.25, 0.3) is 0 Å². The summed E-state index contributed by atoms with van der Waals surface area (Å²) < 4.78 is 0. The van der Waals surface area contributed by atoms with Crippen LogP contribution < -0.4 is 0 Å². The van der Waals surface area contributed by atoms with Gasteiger partial charge in [0.05, 0.1) is 0 Å². The molecule has 0 nitrogen and oxygen atoms in total. The fourth-order valence-electron chi connectivity index (χ4n) is 1.10. The molecule has 1 aromatic rings. The van der Waals surface area contributed by atoms with Crippen LogP contribution in [-0.4, -0.2) is 0 Å². The van der Waals surface area contributed by atoms with E-state index in [0.717, 1.165) is 0 Å². The summed E-state index contributed by atoms with van der Waals surface area (Å²) in [4.78, 5) is 0. The molecule has 0 radical (unpaired) electrons. The zero-order valence-corrected chi connectivity index (χ0v) is 9.15. The molecule has 0 bridgehead atoms. The average Bonchev–Trinajstić information content (AvgIpc) is 2.05. The summed E-state index contributed by atoms with van der Waals surface area (Å²) in [7, 11) is 0. The summed E-state index contributed by atoms with van der Waals surface area (Å²) in [6.07, 6.45) is 0. The minimum Gasteiger partial charge on any atom is -0.0776 e. The first kappa shape index (κ1) is 14.7. The quantitative estimate of drug-likeness (QED) is 0.548. The lowest BCUT2D eigenvalue weighted by Crippen LogP contribution is -1.86. The normalized spacial score (nSPS) is 8.15. The molecule has 0 aliphatic heterocycles. The van der Waals surface area contributed by atoms with Gasteiger partial charge in [0.2, 0.25) is 0 Å². The lowest BCUT2D eigenvalue weighted by Gasteiger charge is -2.04. The number of hydrogen-bond donors (Lipinski definition) is 0. The largest absolute Gasteiger partial charge is 0.0776 e. The maximum Gasteiger partial charge on any atom is -0.0395 e. The molecule has 76 valence electrons. The van der Waals surface area contributed by atoms with Gasteiger partial charge in [0.25, 0.3) is 0 Å². The molecule has 13 heavy (non-hydrogen) atoms. The molecule has 0 unspecified atom stereocenters. The number of benzene rings is 1. The Morgan fingerprint density at radius 3 is 0.923 bits per heavy atom. The van der Waals surface area contributed by atoms with Gasteiger partial charge in [-0.2, -0.15) is 0 Å². The van der Waals surface area contributed by atoms with Gasteiger partial charge < -0.3 is 0 Å². The van der Waals surface area contributed by atoms with Crippen LogP contribution in [0.3, 0.4) is 0 Å². The third-order valence-electron chi connectivity index (χ3n) is 2.11. The first-order valence-corrected chi connectivity index (χ1v) is 4.65. The molecule has 0 aromatic heterocycles. The fraction of sp³-hybridized carbons (Fsp3) is 0.538. The molecular formula is C13H24. The van der Waals surface area contributed by atoms with Gasteiger partial charge in [-0.25, -0.2) is 0 Å². The van der Waals surface area contributed by atoms with E-state index >= 15 is 0 Å². The van der Waals surface area contributed by atoms with Crippen molar-refractivity contribution in [2.75, 3.05) is 0 Å². The van der Waals surface area contributed by atoms with Crippen LogP contribution >= 0.6 is 0 Å². The first-order valence-electron chi connectivity index (χ1n) is 4.65. The first-order chi connectivity index (χ1) is 5.61. The summed E-state index contributed by atoms with van der Waals surface area (Å²) in [5.41, 5.74) is 5.57. The van der Waals surface area contributed by atoms with E-state index in [2.05, 4.69) is 39.8 Å². The molecule has 1 rings (SSSR count). The predicted octanol–water partition coefficient (Wildman–Crippen LogP) is 4.58. The van der Waals surface area contributed by atoms with Crippen molar-refractivity contribution in [2.24, 2.45) is 0 Å². The van der Waals surface area contributed by atoms with Crippen LogP contribution in [0.2, 0.25) is 0 Å². The Morgan fingerprint density at radius 2 is 0.769 bits per heavy atom. The molecule has 0 fully saturated rings. The standard InChI is InChI=1S/C10H14.C2H6.CH4/c1-7-5-9(3)10(4)6-8(7)2;1-2;/h5-6H,1-4H3;1-2H3;1H4. The number of aryl methyl sites for hydroxylation is 4. The van der Waals surface area contributed by atoms with Crippen LogP contribution in [-0.2, 0) is 0 Å². The van der Waals surface area contributed by atoms with Crippen molar-refractivity contribution >= 4 is 0 Å². The maximum absolute atomic E-state index is 2.24. The van der Waals surface area contributed by atoms with Gasteiger partial charge >= 0.3 is 0 Å². The van der Waals surface area contributed by atoms with Crippen LogP contribution in [0.4, 0.5) is 0 Å². The summed E-state index contributed by atoms with van der Waals surface area (Å²) in [6, 6.07) is 4.48. The van der Waals surface area contributed by atoms with Gasteiger partial charge in [0, 0.05) is 0 Å². The molecule has 0 atom stereocenters. The van der Waals surface area contributed by atoms with E-state index in [1.165, 1.54) is 22.3 Å². The van der Waals surface area contributed by atoms with Crippen molar-refractivity contribution in [1.82, 2.24) is 0 Å².